The summed E-state index contributed by atoms with van der Waals surface area (Å²) in [7, 11) is 0. The van der Waals surface area contributed by atoms with Crippen molar-refractivity contribution in [1.82, 2.24) is 14.9 Å². The average Bonchev–Trinajstić information content (AvgIpc) is 3.30. The number of carbonyl (C=O) groups excluding carboxylic acids is 2. The van der Waals surface area contributed by atoms with Gasteiger partial charge in [-0.3, -0.25) is 9.59 Å². The van der Waals surface area contributed by atoms with Crippen molar-refractivity contribution >= 4 is 63.3 Å². The zero-order valence-corrected chi connectivity index (χ0v) is 17.8. The number of nitrogens with one attached hydrogen (secondary N) is 2. The van der Waals surface area contributed by atoms with Crippen molar-refractivity contribution in [2.45, 2.75) is 13.8 Å². The largest absolute Gasteiger partial charge is 0.326 e. The molecule has 0 radical (unpaired) electrons. The van der Waals surface area contributed by atoms with Crippen molar-refractivity contribution in [3.63, 3.8) is 0 Å². The first-order valence-electron chi connectivity index (χ1n) is 9.22. The molecule has 3 heterocycles. The summed E-state index contributed by atoms with van der Waals surface area (Å²) in [5.74, 6) is -0.470. The van der Waals surface area contributed by atoms with E-state index in [-0.39, 0.29) is 17.7 Å². The quantitative estimate of drug-likeness (QED) is 0.587. The molecule has 1 saturated heterocycles. The number of rotatable bonds is 4. The van der Waals surface area contributed by atoms with E-state index < -0.39 is 0 Å². The number of thioether (sulfide) groups is 1. The Bertz CT molecular complexity index is 1220. The van der Waals surface area contributed by atoms with Crippen LogP contribution >= 0.6 is 23.4 Å². The van der Waals surface area contributed by atoms with Crippen LogP contribution in [0.15, 0.2) is 58.7 Å². The Balaban J connectivity index is 1.56. The maximum absolute atomic E-state index is 12.4. The van der Waals surface area contributed by atoms with Crippen LogP contribution < -0.4 is 10.6 Å². The molecule has 0 bridgehead atoms. The Morgan fingerprint density at radius 2 is 2.13 bits per heavy atom. The zero-order valence-electron chi connectivity index (χ0n) is 16.2. The van der Waals surface area contributed by atoms with E-state index >= 15 is 0 Å². The molecule has 4 rings (SSSR count). The first kappa shape index (κ1) is 20.2. The number of halogens is 1. The molecule has 0 spiro atoms. The third-order valence-electron chi connectivity index (χ3n) is 4.33. The lowest BCUT2D eigenvalue weighted by Crippen LogP contribution is -2.19. The normalized spacial score (nSPS) is 16.6. The van der Waals surface area contributed by atoms with Crippen LogP contribution in [0.3, 0.4) is 0 Å². The van der Waals surface area contributed by atoms with Crippen molar-refractivity contribution in [1.29, 1.82) is 0 Å². The third-order valence-corrected chi connectivity index (χ3v) is 5.56. The number of pyridine rings is 1. The van der Waals surface area contributed by atoms with Crippen LogP contribution in [0.2, 0.25) is 5.02 Å². The van der Waals surface area contributed by atoms with E-state index in [0.29, 0.717) is 26.5 Å². The van der Waals surface area contributed by atoms with Gasteiger partial charge in [-0.05, 0) is 59.8 Å². The first-order chi connectivity index (χ1) is 14.4. The van der Waals surface area contributed by atoms with Gasteiger partial charge in [0.15, 0.2) is 5.17 Å². The summed E-state index contributed by atoms with van der Waals surface area (Å²) >= 11 is 7.49. The molecular weight excluding hydrogens is 422 g/mol. The summed E-state index contributed by atoms with van der Waals surface area (Å²) < 4.78 is 1.75. The van der Waals surface area contributed by atoms with E-state index in [1.165, 1.54) is 11.8 Å². The van der Waals surface area contributed by atoms with Gasteiger partial charge in [-0.2, -0.15) is 5.10 Å². The highest BCUT2D eigenvalue weighted by atomic mass is 35.5. The van der Waals surface area contributed by atoms with E-state index in [1.807, 2.05) is 38.2 Å². The maximum atomic E-state index is 12.4. The number of carbonyl (C=O) groups is 2. The van der Waals surface area contributed by atoms with Gasteiger partial charge in [0, 0.05) is 24.0 Å². The van der Waals surface area contributed by atoms with Crippen molar-refractivity contribution in [3.8, 4) is 0 Å². The standard InChI is InChI=1S/C21H18ClN5O2S/c1-12(2)19(28)24-14-3-4-16(22)17(11-14)25-21-26-20(29)18(30-21)10-13-6-8-27-15(9-13)5-7-23-27/h3-12H,1-2H3,(H,24,28)(H,25,26,29)/b18-10-. The number of hydrogen-bond acceptors (Lipinski definition) is 5. The van der Waals surface area contributed by atoms with Gasteiger partial charge in [0.2, 0.25) is 5.91 Å². The Kier molecular flexibility index (Phi) is 5.61. The van der Waals surface area contributed by atoms with Crippen LogP contribution in [0.1, 0.15) is 19.4 Å². The lowest BCUT2D eigenvalue weighted by molar-refractivity contribution is -0.119. The molecule has 1 fully saturated rings. The summed E-state index contributed by atoms with van der Waals surface area (Å²) in [6.07, 6.45) is 5.36. The van der Waals surface area contributed by atoms with Crippen LogP contribution in [0.5, 0.6) is 0 Å². The fourth-order valence-corrected chi connectivity index (χ4v) is 3.73. The molecule has 0 saturated carbocycles. The van der Waals surface area contributed by atoms with Crippen LogP contribution in [-0.2, 0) is 9.59 Å². The van der Waals surface area contributed by atoms with E-state index in [1.54, 1.807) is 35.0 Å². The molecule has 1 aromatic carbocycles. The van der Waals surface area contributed by atoms with E-state index in [4.69, 9.17) is 11.6 Å². The summed E-state index contributed by atoms with van der Waals surface area (Å²) in [6, 6.07) is 10.8. The van der Waals surface area contributed by atoms with Crippen molar-refractivity contribution in [2.24, 2.45) is 10.9 Å². The van der Waals surface area contributed by atoms with E-state index in [0.717, 1.165) is 11.1 Å². The van der Waals surface area contributed by atoms with Gasteiger partial charge in [0.25, 0.3) is 5.91 Å². The molecule has 2 N–H and O–H groups in total. The molecule has 30 heavy (non-hydrogen) atoms. The fraction of sp³-hybridized carbons (Fsp3) is 0.143. The molecule has 0 aliphatic carbocycles. The SMILES string of the molecule is CC(C)C(=O)Nc1ccc(Cl)c(N=C2NC(=O)/C(=C/c3ccn4nccc4c3)S2)c1. The molecule has 9 heteroatoms. The summed E-state index contributed by atoms with van der Waals surface area (Å²) in [6.45, 7) is 3.63. The minimum absolute atomic E-state index is 0.0974. The highest BCUT2D eigenvalue weighted by molar-refractivity contribution is 8.18. The monoisotopic (exact) mass is 439 g/mol. The molecule has 1 aliphatic rings. The van der Waals surface area contributed by atoms with Gasteiger partial charge in [0.05, 0.1) is 21.1 Å². The van der Waals surface area contributed by atoms with E-state index in [9.17, 15) is 9.59 Å². The number of fused-ring (bicyclic) bond motifs is 1. The minimum Gasteiger partial charge on any atom is -0.326 e. The number of amidine groups is 1. The van der Waals surface area contributed by atoms with Gasteiger partial charge >= 0.3 is 0 Å². The highest BCUT2D eigenvalue weighted by Crippen LogP contribution is 2.33. The number of benzene rings is 1. The second-order valence-corrected chi connectivity index (χ2v) is 8.39. The molecule has 2 aromatic heterocycles. The average molecular weight is 440 g/mol. The fourth-order valence-electron chi connectivity index (χ4n) is 2.73. The third kappa shape index (κ3) is 4.39. The van der Waals surface area contributed by atoms with Gasteiger partial charge < -0.3 is 10.6 Å². The van der Waals surface area contributed by atoms with Crippen molar-refractivity contribution in [2.75, 3.05) is 5.32 Å². The second-order valence-electron chi connectivity index (χ2n) is 6.95. The maximum Gasteiger partial charge on any atom is 0.264 e. The molecule has 1 aliphatic heterocycles. The second kappa shape index (κ2) is 8.33. The van der Waals surface area contributed by atoms with Crippen LogP contribution in [-0.4, -0.2) is 26.6 Å². The Hall–Kier alpha value is -3.10. The Labute approximate surface area is 182 Å². The Morgan fingerprint density at radius 1 is 1.30 bits per heavy atom. The molecule has 0 unspecified atom stereocenters. The number of aliphatic imine (C=N–C) groups is 1. The van der Waals surface area contributed by atoms with E-state index in [2.05, 4.69) is 20.7 Å². The summed E-state index contributed by atoms with van der Waals surface area (Å²) in [5.41, 5.74) is 2.88. The number of hydrogen-bond donors (Lipinski definition) is 2. The number of amides is 2. The number of aromatic nitrogens is 2. The molecule has 3 aromatic rings. The number of nitrogens with zero attached hydrogens (tertiary/aromatic N) is 3. The molecule has 2 amide bonds. The van der Waals surface area contributed by atoms with Crippen molar-refractivity contribution < 1.29 is 9.59 Å². The van der Waals surface area contributed by atoms with Crippen molar-refractivity contribution in [3.05, 3.63) is 64.3 Å². The predicted octanol–water partition coefficient (Wildman–Crippen LogP) is 4.47. The molecular formula is C21H18ClN5O2S. The number of anilines is 1. The minimum atomic E-state index is -0.229. The van der Waals surface area contributed by atoms with Crippen LogP contribution in [0.4, 0.5) is 11.4 Å². The summed E-state index contributed by atoms with van der Waals surface area (Å²) in [5, 5.41) is 10.6. The Morgan fingerprint density at radius 3 is 2.93 bits per heavy atom. The lowest BCUT2D eigenvalue weighted by Gasteiger charge is -2.09. The first-order valence-corrected chi connectivity index (χ1v) is 10.4. The smallest absolute Gasteiger partial charge is 0.264 e. The van der Waals surface area contributed by atoms with Gasteiger partial charge in [-0.15, -0.1) is 0 Å². The van der Waals surface area contributed by atoms with Crippen LogP contribution in [0, 0.1) is 5.92 Å². The topological polar surface area (TPSA) is 87.9 Å². The molecule has 0 atom stereocenters. The van der Waals surface area contributed by atoms with Gasteiger partial charge in [0.1, 0.15) is 0 Å². The highest BCUT2D eigenvalue weighted by Gasteiger charge is 2.24. The van der Waals surface area contributed by atoms with Gasteiger partial charge in [-0.1, -0.05) is 25.4 Å². The molecule has 7 nitrogen and oxygen atoms in total. The zero-order chi connectivity index (χ0) is 21.3. The predicted molar refractivity (Wildman–Crippen MR) is 121 cm³/mol. The van der Waals surface area contributed by atoms with Gasteiger partial charge in [-0.25, -0.2) is 9.51 Å². The summed E-state index contributed by atoms with van der Waals surface area (Å²) in [4.78, 5) is 29.3. The lowest BCUT2D eigenvalue weighted by atomic mass is 10.2. The molecule has 152 valence electrons. The van der Waals surface area contributed by atoms with Crippen LogP contribution in [0.25, 0.3) is 11.6 Å².